The Balaban J connectivity index is 0.838. The highest BCUT2D eigenvalue weighted by molar-refractivity contribution is 6.15. The minimum absolute atomic E-state index is 0.667. The SMILES string of the molecule is c1ccc(-n2c3ccccc3c3cc(-c4ccc5c(c4)c4ccccc4n5-c4nc(-c5cccc(-n6c7ccccc7c7cc(-n8c9ccccc9c9ccccc98)ccc76)c5)nc5ccccc45)ccc32)cc1. The van der Waals surface area contributed by atoms with Crippen LogP contribution in [-0.2, 0) is 0 Å². The van der Waals surface area contributed by atoms with Crippen molar-refractivity contribution in [2.45, 2.75) is 0 Å². The minimum Gasteiger partial charge on any atom is -0.309 e. The predicted octanol–water partition coefficient (Wildman–Crippen LogP) is 17.4. The third kappa shape index (κ3) is 5.94. The zero-order valence-electron chi connectivity index (χ0n) is 39.9. The summed E-state index contributed by atoms with van der Waals surface area (Å²) >= 11 is 0. The Morgan fingerprint density at radius 2 is 0.608 bits per heavy atom. The number of benzene rings is 11. The van der Waals surface area contributed by atoms with Crippen molar-refractivity contribution >= 4 is 98.1 Å². The molecule has 0 unspecified atom stereocenters. The van der Waals surface area contributed by atoms with Gasteiger partial charge in [0.15, 0.2) is 5.82 Å². The quantitative estimate of drug-likeness (QED) is 0.167. The van der Waals surface area contributed by atoms with Crippen molar-refractivity contribution < 1.29 is 0 Å². The first-order valence-electron chi connectivity index (χ1n) is 25.2. The van der Waals surface area contributed by atoms with Crippen molar-refractivity contribution in [1.29, 1.82) is 0 Å². The summed E-state index contributed by atoms with van der Waals surface area (Å²) in [5, 5.41) is 10.7. The van der Waals surface area contributed by atoms with Gasteiger partial charge in [-0.05, 0) is 120 Å². The number of fused-ring (bicyclic) bond motifs is 13. The Morgan fingerprint density at radius 1 is 0.216 bits per heavy atom. The zero-order valence-corrected chi connectivity index (χ0v) is 39.9. The fraction of sp³-hybridized carbons (Fsp3) is 0. The molecule has 0 radical (unpaired) electrons. The van der Waals surface area contributed by atoms with Crippen LogP contribution in [-0.4, -0.2) is 28.2 Å². The smallest absolute Gasteiger partial charge is 0.162 e. The summed E-state index contributed by atoms with van der Waals surface area (Å²) < 4.78 is 9.49. The Bertz CT molecular complexity index is 4920. The summed E-state index contributed by atoms with van der Waals surface area (Å²) in [5.74, 6) is 1.51. The van der Waals surface area contributed by atoms with Crippen LogP contribution in [0.5, 0.6) is 0 Å². The molecule has 16 rings (SSSR count). The maximum atomic E-state index is 5.56. The van der Waals surface area contributed by atoms with Gasteiger partial charge in [0.1, 0.15) is 5.82 Å². The van der Waals surface area contributed by atoms with E-state index in [2.05, 4.69) is 273 Å². The van der Waals surface area contributed by atoms with Gasteiger partial charge in [0.05, 0.1) is 49.7 Å². The van der Waals surface area contributed by atoms with Gasteiger partial charge in [-0.3, -0.25) is 4.57 Å². The number of hydrogen-bond acceptors (Lipinski definition) is 2. The van der Waals surface area contributed by atoms with E-state index < -0.39 is 0 Å². The molecular weight excluding hydrogens is 901 g/mol. The van der Waals surface area contributed by atoms with Crippen molar-refractivity contribution in [1.82, 2.24) is 28.2 Å². The van der Waals surface area contributed by atoms with E-state index in [1.807, 2.05) is 0 Å². The molecule has 5 aromatic heterocycles. The topological polar surface area (TPSA) is 45.5 Å². The second kappa shape index (κ2) is 15.7. The molecule has 0 saturated carbocycles. The summed E-state index contributed by atoms with van der Waals surface area (Å²) in [6, 6.07) is 92.0. The highest BCUT2D eigenvalue weighted by atomic mass is 15.1. The maximum Gasteiger partial charge on any atom is 0.162 e. The molecule has 0 N–H and O–H groups in total. The van der Waals surface area contributed by atoms with Gasteiger partial charge in [-0.25, -0.2) is 9.97 Å². The van der Waals surface area contributed by atoms with Crippen LogP contribution in [0.4, 0.5) is 0 Å². The molecule has 0 fully saturated rings. The first-order valence-corrected chi connectivity index (χ1v) is 25.2. The Morgan fingerprint density at radius 3 is 1.18 bits per heavy atom. The number of aromatic nitrogens is 6. The van der Waals surface area contributed by atoms with E-state index in [1.165, 1.54) is 70.7 Å². The monoisotopic (exact) mass is 942 g/mol. The average molecular weight is 943 g/mol. The van der Waals surface area contributed by atoms with E-state index in [9.17, 15) is 0 Å². The molecule has 16 aromatic rings. The normalized spacial score (nSPS) is 12.1. The Kier molecular flexibility index (Phi) is 8.64. The molecule has 0 aliphatic rings. The van der Waals surface area contributed by atoms with Gasteiger partial charge in [-0.1, -0.05) is 146 Å². The van der Waals surface area contributed by atoms with Crippen LogP contribution in [0.1, 0.15) is 0 Å². The predicted molar refractivity (Wildman–Crippen MR) is 308 cm³/mol. The Hall–Kier alpha value is -10.0. The third-order valence-corrected chi connectivity index (χ3v) is 15.3. The van der Waals surface area contributed by atoms with Gasteiger partial charge in [0, 0.05) is 71.1 Å². The maximum absolute atomic E-state index is 5.56. The highest BCUT2D eigenvalue weighted by Gasteiger charge is 2.21. The lowest BCUT2D eigenvalue weighted by Gasteiger charge is -2.14. The summed E-state index contributed by atoms with van der Waals surface area (Å²) in [4.78, 5) is 10.9. The Labute approximate surface area is 424 Å². The summed E-state index contributed by atoms with van der Waals surface area (Å²) in [6.45, 7) is 0. The van der Waals surface area contributed by atoms with Crippen LogP contribution in [0.25, 0.3) is 144 Å². The second-order valence-electron chi connectivity index (χ2n) is 19.4. The number of hydrogen-bond donors (Lipinski definition) is 0. The van der Waals surface area contributed by atoms with Crippen molar-refractivity contribution in [3.8, 4) is 45.4 Å². The van der Waals surface area contributed by atoms with Crippen molar-refractivity contribution in [3.63, 3.8) is 0 Å². The van der Waals surface area contributed by atoms with Crippen molar-refractivity contribution in [3.05, 3.63) is 255 Å². The molecule has 0 amide bonds. The van der Waals surface area contributed by atoms with E-state index in [1.54, 1.807) is 0 Å². The highest BCUT2D eigenvalue weighted by Crippen LogP contribution is 2.41. The lowest BCUT2D eigenvalue weighted by molar-refractivity contribution is 1.07. The summed E-state index contributed by atoms with van der Waals surface area (Å²) in [5.41, 5.74) is 16.7. The largest absolute Gasteiger partial charge is 0.309 e. The second-order valence-corrected chi connectivity index (χ2v) is 19.4. The fourth-order valence-corrected chi connectivity index (χ4v) is 12.1. The molecule has 5 heterocycles. The summed E-state index contributed by atoms with van der Waals surface area (Å²) in [6.07, 6.45) is 0. The zero-order chi connectivity index (χ0) is 48.4. The average Bonchev–Trinajstić information content (AvgIpc) is 4.19. The van der Waals surface area contributed by atoms with E-state index >= 15 is 0 Å². The van der Waals surface area contributed by atoms with E-state index in [4.69, 9.17) is 9.97 Å². The standard InChI is InChI=1S/C68H42N6/c1-2-18-46(19-3-1)71-61-30-13-7-23-51(61)55-40-43(33-36-64(55)71)44-34-37-66-56(41-44)52-24-9-15-32-63(52)74(66)68-54-26-4-10-27-58(54)69-67(70-68)45-17-16-20-47(39-45)72-62-31-14-8-25-53(62)57-42-48(35-38-65(57)72)73-59-28-11-5-21-49(59)50-22-6-12-29-60(50)73/h1-42H. The molecule has 0 aliphatic carbocycles. The van der Waals surface area contributed by atoms with Crippen LogP contribution in [0.15, 0.2) is 255 Å². The molecule has 0 atom stereocenters. The van der Waals surface area contributed by atoms with Crippen LogP contribution < -0.4 is 0 Å². The summed E-state index contributed by atoms with van der Waals surface area (Å²) in [7, 11) is 0. The van der Waals surface area contributed by atoms with E-state index in [-0.39, 0.29) is 0 Å². The molecule has 6 nitrogen and oxygen atoms in total. The number of rotatable bonds is 6. The van der Waals surface area contributed by atoms with Gasteiger partial charge in [-0.15, -0.1) is 0 Å². The third-order valence-electron chi connectivity index (χ3n) is 15.3. The molecule has 6 heteroatoms. The fourth-order valence-electron chi connectivity index (χ4n) is 12.1. The number of nitrogens with zero attached hydrogens (tertiary/aromatic N) is 6. The number of para-hydroxylation sites is 7. The molecule has 0 aliphatic heterocycles. The van der Waals surface area contributed by atoms with Crippen LogP contribution >= 0.6 is 0 Å². The molecule has 74 heavy (non-hydrogen) atoms. The van der Waals surface area contributed by atoms with E-state index in [0.717, 1.165) is 67.0 Å². The van der Waals surface area contributed by atoms with E-state index in [0.29, 0.717) is 5.82 Å². The van der Waals surface area contributed by atoms with Gasteiger partial charge >= 0.3 is 0 Å². The van der Waals surface area contributed by atoms with Crippen molar-refractivity contribution in [2.24, 2.45) is 0 Å². The van der Waals surface area contributed by atoms with Crippen LogP contribution in [0, 0.1) is 0 Å². The molecular formula is C68H42N6. The molecule has 11 aromatic carbocycles. The van der Waals surface area contributed by atoms with Crippen LogP contribution in [0.3, 0.4) is 0 Å². The molecule has 0 saturated heterocycles. The lowest BCUT2D eigenvalue weighted by atomic mass is 10.0. The first-order chi connectivity index (χ1) is 36.7. The van der Waals surface area contributed by atoms with Gasteiger partial charge in [-0.2, -0.15) is 0 Å². The molecule has 0 spiro atoms. The minimum atomic E-state index is 0.667. The van der Waals surface area contributed by atoms with Crippen molar-refractivity contribution in [2.75, 3.05) is 0 Å². The lowest BCUT2D eigenvalue weighted by Crippen LogP contribution is -2.03. The molecule has 344 valence electrons. The van der Waals surface area contributed by atoms with Gasteiger partial charge in [0.25, 0.3) is 0 Å². The first kappa shape index (κ1) is 40.7. The van der Waals surface area contributed by atoms with Crippen LogP contribution in [0.2, 0.25) is 0 Å². The molecule has 0 bridgehead atoms. The van der Waals surface area contributed by atoms with Gasteiger partial charge in [0.2, 0.25) is 0 Å². The van der Waals surface area contributed by atoms with Gasteiger partial charge < -0.3 is 13.7 Å².